The van der Waals surface area contributed by atoms with Gasteiger partial charge >= 0.3 is 0 Å². The third-order valence-electron chi connectivity index (χ3n) is 11.8. The summed E-state index contributed by atoms with van der Waals surface area (Å²) in [6.45, 7) is 4.77. The van der Waals surface area contributed by atoms with E-state index in [-0.39, 0.29) is 80.6 Å². The first-order chi connectivity index (χ1) is 25.5. The minimum Gasteiger partial charge on any atom is -0.508 e. The second kappa shape index (κ2) is 13.3. The van der Waals surface area contributed by atoms with Crippen LogP contribution in [0.25, 0.3) is 32.9 Å². The summed E-state index contributed by atoms with van der Waals surface area (Å²) >= 11 is 0. The molecule has 2 aromatic heterocycles. The van der Waals surface area contributed by atoms with Crippen LogP contribution in [0.4, 0.5) is 14.5 Å². The van der Waals surface area contributed by atoms with E-state index in [9.17, 15) is 15.5 Å². The van der Waals surface area contributed by atoms with E-state index in [1.54, 1.807) is 13.0 Å². The van der Waals surface area contributed by atoms with Gasteiger partial charge in [-0.1, -0.05) is 18.4 Å². The standard InChI is InChI=1S/C41H43F2N5O5/c1-4-27-29(42)9-8-25-17-26(49)18-28(33(25)27)36-35(43)37-34(38(46-36)51-3)30(47-15-16-52-23-39(2,50)21-47)19-32(45-37)53-24-41-10-5-7-31(41)48(14-6-11-41)22-40(20-44)12-13-40/h1,8-9,17-19,31,49-50H,5-7,10-16,21-24H2,2-3H3. The lowest BCUT2D eigenvalue weighted by Gasteiger charge is -2.47. The van der Waals surface area contributed by atoms with E-state index in [0.29, 0.717) is 30.8 Å². The van der Waals surface area contributed by atoms with Crippen molar-refractivity contribution >= 4 is 27.4 Å². The Morgan fingerprint density at radius 2 is 1.91 bits per heavy atom. The highest BCUT2D eigenvalue weighted by Crippen LogP contribution is 2.52. The summed E-state index contributed by atoms with van der Waals surface area (Å²) in [7, 11) is 1.42. The number of pyridine rings is 2. The van der Waals surface area contributed by atoms with Crippen LogP contribution in [-0.4, -0.2) is 89.8 Å². The molecular weight excluding hydrogens is 680 g/mol. The van der Waals surface area contributed by atoms with E-state index >= 15 is 8.78 Å². The minimum absolute atomic E-state index is 0.0364. The molecule has 0 spiro atoms. The summed E-state index contributed by atoms with van der Waals surface area (Å²) in [5, 5.41) is 32.6. The highest BCUT2D eigenvalue weighted by molar-refractivity contribution is 6.04. The molecule has 12 heteroatoms. The number of terminal acetylenes is 1. The number of ether oxygens (including phenoxy) is 3. The maximum absolute atomic E-state index is 17.3. The Labute approximate surface area is 307 Å². The molecule has 0 bridgehead atoms. The summed E-state index contributed by atoms with van der Waals surface area (Å²) in [6, 6.07) is 9.98. The monoisotopic (exact) mass is 723 g/mol. The van der Waals surface area contributed by atoms with Gasteiger partial charge in [-0.15, -0.1) is 6.42 Å². The van der Waals surface area contributed by atoms with Gasteiger partial charge in [-0.3, -0.25) is 4.90 Å². The van der Waals surface area contributed by atoms with Gasteiger partial charge in [0.1, 0.15) is 28.4 Å². The normalized spacial score (nSPS) is 25.4. The van der Waals surface area contributed by atoms with E-state index in [0.717, 1.165) is 58.0 Å². The Morgan fingerprint density at radius 1 is 1.09 bits per heavy atom. The Hall–Kier alpha value is -4.75. The van der Waals surface area contributed by atoms with Crippen molar-refractivity contribution < 1.29 is 33.2 Å². The number of hydrogen-bond acceptors (Lipinski definition) is 10. The number of nitrogens with zero attached hydrogens (tertiary/aromatic N) is 5. The molecule has 3 unspecified atom stereocenters. The summed E-state index contributed by atoms with van der Waals surface area (Å²) in [5.74, 6) is 0.919. The van der Waals surface area contributed by atoms with Gasteiger partial charge in [0.2, 0.25) is 11.8 Å². The average Bonchev–Trinajstić information content (AvgIpc) is 3.83. The van der Waals surface area contributed by atoms with Gasteiger partial charge in [-0.05, 0) is 75.6 Å². The van der Waals surface area contributed by atoms with E-state index in [1.807, 2.05) is 4.90 Å². The molecule has 4 aliphatic rings. The Kier molecular flexibility index (Phi) is 8.84. The summed E-state index contributed by atoms with van der Waals surface area (Å²) in [4.78, 5) is 13.8. The van der Waals surface area contributed by atoms with Crippen molar-refractivity contribution in [2.24, 2.45) is 10.8 Å². The summed E-state index contributed by atoms with van der Waals surface area (Å²) in [6.07, 6.45) is 12.7. The number of phenols is 1. The van der Waals surface area contributed by atoms with Crippen LogP contribution in [0.1, 0.15) is 57.4 Å². The molecule has 8 rings (SSSR count). The molecule has 0 amide bonds. The van der Waals surface area contributed by atoms with Crippen molar-refractivity contribution in [2.75, 3.05) is 58.0 Å². The van der Waals surface area contributed by atoms with E-state index < -0.39 is 17.2 Å². The maximum Gasteiger partial charge on any atom is 0.225 e. The number of aromatic hydroxyl groups is 1. The van der Waals surface area contributed by atoms with Crippen molar-refractivity contribution in [1.29, 1.82) is 5.26 Å². The minimum atomic E-state index is -1.22. The maximum atomic E-state index is 17.3. The van der Waals surface area contributed by atoms with Crippen LogP contribution in [0, 0.1) is 46.1 Å². The Bertz CT molecular complexity index is 2190. The number of halogens is 2. The predicted octanol–water partition coefficient (Wildman–Crippen LogP) is 6.33. The van der Waals surface area contributed by atoms with E-state index in [1.165, 1.54) is 31.4 Å². The van der Waals surface area contributed by atoms with Crippen molar-refractivity contribution in [1.82, 2.24) is 14.9 Å². The number of β-amino-alcohol motifs (C(OH)–C–C–N with tert-alkyl or cyclic N) is 1. The lowest BCUT2D eigenvalue weighted by molar-refractivity contribution is -0.0123. The number of aliphatic hydroxyl groups is 1. The van der Waals surface area contributed by atoms with Gasteiger partial charge in [-0.2, -0.15) is 5.26 Å². The fraction of sp³-hybridized carbons (Fsp3) is 0.488. The molecule has 2 saturated heterocycles. The predicted molar refractivity (Wildman–Crippen MR) is 196 cm³/mol. The third kappa shape index (κ3) is 6.27. The third-order valence-corrected chi connectivity index (χ3v) is 11.8. The second-order valence-electron chi connectivity index (χ2n) is 15.6. The summed E-state index contributed by atoms with van der Waals surface area (Å²) in [5.41, 5.74) is -1.45. The Morgan fingerprint density at radius 3 is 2.66 bits per heavy atom. The molecule has 10 nitrogen and oxygen atoms in total. The number of aromatic nitrogens is 2. The number of nitriles is 1. The van der Waals surface area contributed by atoms with Gasteiger partial charge in [0.15, 0.2) is 5.82 Å². The van der Waals surface area contributed by atoms with Gasteiger partial charge in [-0.25, -0.2) is 18.7 Å². The van der Waals surface area contributed by atoms with Crippen LogP contribution in [0.15, 0.2) is 30.3 Å². The molecule has 0 radical (unpaired) electrons. The van der Waals surface area contributed by atoms with Crippen molar-refractivity contribution in [3.05, 3.63) is 47.5 Å². The van der Waals surface area contributed by atoms with E-state index in [2.05, 4.69) is 21.9 Å². The highest BCUT2D eigenvalue weighted by atomic mass is 19.1. The molecule has 2 aromatic carbocycles. The number of likely N-dealkylation sites (tertiary alicyclic amines) is 1. The van der Waals surface area contributed by atoms with Crippen molar-refractivity contribution in [3.63, 3.8) is 0 Å². The molecule has 3 atom stereocenters. The zero-order valence-electron chi connectivity index (χ0n) is 30.1. The lowest BCUT2D eigenvalue weighted by Crippen LogP contribution is -2.53. The van der Waals surface area contributed by atoms with Crippen LogP contribution in [0.2, 0.25) is 0 Å². The van der Waals surface area contributed by atoms with Crippen molar-refractivity contribution in [3.8, 4) is 47.2 Å². The molecule has 4 fully saturated rings. The first kappa shape index (κ1) is 35.3. The van der Waals surface area contributed by atoms with Crippen LogP contribution < -0.4 is 14.4 Å². The fourth-order valence-corrected chi connectivity index (χ4v) is 9.07. The van der Waals surface area contributed by atoms with Crippen LogP contribution in [0.5, 0.6) is 17.5 Å². The molecule has 53 heavy (non-hydrogen) atoms. The number of methoxy groups -OCH3 is 1. The van der Waals surface area contributed by atoms with Gasteiger partial charge < -0.3 is 29.3 Å². The first-order valence-corrected chi connectivity index (χ1v) is 18.3. The van der Waals surface area contributed by atoms with Gasteiger partial charge in [0, 0.05) is 48.1 Å². The molecule has 2 N–H and O–H groups in total. The lowest BCUT2D eigenvalue weighted by atomic mass is 9.75. The Balaban J connectivity index is 1.27. The highest BCUT2D eigenvalue weighted by Gasteiger charge is 2.52. The molecule has 2 aliphatic carbocycles. The van der Waals surface area contributed by atoms with Crippen molar-refractivity contribution in [2.45, 2.75) is 63.5 Å². The molecule has 276 valence electrons. The number of benzene rings is 2. The summed E-state index contributed by atoms with van der Waals surface area (Å²) < 4.78 is 50.5. The molecular formula is C41H43F2N5O5. The largest absolute Gasteiger partial charge is 0.508 e. The first-order valence-electron chi connectivity index (χ1n) is 18.3. The molecule has 2 aliphatic heterocycles. The molecule has 2 saturated carbocycles. The number of hydrogen-bond donors (Lipinski definition) is 2. The zero-order valence-corrected chi connectivity index (χ0v) is 30.1. The molecule has 4 aromatic rings. The van der Waals surface area contributed by atoms with Crippen LogP contribution >= 0.6 is 0 Å². The topological polar surface area (TPSA) is 124 Å². The number of phenolic OH excluding ortho intramolecular Hbond substituents is 1. The smallest absolute Gasteiger partial charge is 0.225 e. The van der Waals surface area contributed by atoms with Crippen LogP contribution in [-0.2, 0) is 4.74 Å². The second-order valence-corrected chi connectivity index (χ2v) is 15.6. The number of piperidine rings is 1. The SMILES string of the molecule is C#Cc1c(F)ccc2cc(O)cc(-c3nc(OC)c4c(N5CCOCC(C)(O)C5)cc(OCC56CCCC5N(CC5(C#N)CC5)CCC6)nc4c3F)c12. The zero-order chi connectivity index (χ0) is 37.1. The van der Waals surface area contributed by atoms with Gasteiger partial charge in [0.25, 0.3) is 0 Å². The quantitative estimate of drug-likeness (QED) is 0.200. The van der Waals surface area contributed by atoms with Crippen LogP contribution in [0.3, 0.4) is 0 Å². The van der Waals surface area contributed by atoms with E-state index in [4.69, 9.17) is 25.6 Å². The van der Waals surface area contributed by atoms with Gasteiger partial charge in [0.05, 0.1) is 55.1 Å². The average molecular weight is 724 g/mol. The fourth-order valence-electron chi connectivity index (χ4n) is 9.07. The number of anilines is 1. The molecule has 4 heterocycles. The number of rotatable bonds is 8. The number of fused-ring (bicyclic) bond motifs is 3.